The van der Waals surface area contributed by atoms with Crippen LogP contribution < -0.4 is 5.32 Å². The van der Waals surface area contributed by atoms with Crippen molar-refractivity contribution in [1.82, 2.24) is 0 Å². The Balaban J connectivity index is 1.91. The molecular weight excluding hydrogens is 266 g/mol. The number of amides is 1. The normalized spacial score (nSPS) is 10.8. The van der Waals surface area contributed by atoms with E-state index in [2.05, 4.69) is 5.32 Å². The Morgan fingerprint density at radius 3 is 2.76 bits per heavy atom. The number of phenolic OH excluding ortho intramolecular Hbond substituents is 1. The first-order chi connectivity index (χ1) is 10.0. The van der Waals surface area contributed by atoms with Crippen LogP contribution in [0.25, 0.3) is 11.0 Å². The predicted molar refractivity (Wildman–Crippen MR) is 81.7 cm³/mol. The Hall–Kier alpha value is -2.75. The third-order valence-corrected chi connectivity index (χ3v) is 3.45. The molecule has 0 spiro atoms. The number of furan rings is 1. The number of hydrogen-bond acceptors (Lipinski definition) is 3. The van der Waals surface area contributed by atoms with Gasteiger partial charge in [0.2, 0.25) is 0 Å². The highest BCUT2D eigenvalue weighted by molar-refractivity contribution is 6.05. The topological polar surface area (TPSA) is 62.5 Å². The highest BCUT2D eigenvalue weighted by Gasteiger charge is 2.14. The van der Waals surface area contributed by atoms with Crippen molar-refractivity contribution in [3.63, 3.8) is 0 Å². The van der Waals surface area contributed by atoms with E-state index in [4.69, 9.17) is 4.42 Å². The summed E-state index contributed by atoms with van der Waals surface area (Å²) in [5.41, 5.74) is 2.98. The molecule has 1 aromatic heterocycles. The van der Waals surface area contributed by atoms with Gasteiger partial charge in [0.15, 0.2) is 5.76 Å². The second-order valence-electron chi connectivity index (χ2n) is 5.06. The maximum Gasteiger partial charge on any atom is 0.291 e. The second-order valence-corrected chi connectivity index (χ2v) is 5.06. The molecule has 0 fully saturated rings. The average Bonchev–Trinajstić information content (AvgIpc) is 2.87. The first-order valence-electron chi connectivity index (χ1n) is 6.65. The molecule has 106 valence electrons. The standard InChI is InChI=1S/C17H15NO3/c1-10-6-7-15-12(8-10)9-16(21-15)17(20)18-13-4-3-5-14(19)11(13)2/h3-9,19H,1-2H3,(H,18,20). The van der Waals surface area contributed by atoms with Crippen LogP contribution in [0.15, 0.2) is 46.9 Å². The largest absolute Gasteiger partial charge is 0.508 e. The first kappa shape index (κ1) is 13.2. The second kappa shape index (κ2) is 4.98. The van der Waals surface area contributed by atoms with Crippen LogP contribution in [-0.2, 0) is 0 Å². The van der Waals surface area contributed by atoms with Crippen LogP contribution in [0.3, 0.4) is 0 Å². The number of phenols is 1. The quantitative estimate of drug-likeness (QED) is 0.746. The minimum Gasteiger partial charge on any atom is -0.508 e. The Kier molecular flexibility index (Phi) is 3.14. The number of carbonyl (C=O) groups excluding carboxylic acids is 1. The number of anilines is 1. The fourth-order valence-corrected chi connectivity index (χ4v) is 2.22. The summed E-state index contributed by atoms with van der Waals surface area (Å²) in [4.78, 5) is 12.2. The van der Waals surface area contributed by atoms with E-state index < -0.39 is 0 Å². The molecule has 1 heterocycles. The molecule has 0 aliphatic heterocycles. The van der Waals surface area contributed by atoms with E-state index in [0.29, 0.717) is 16.8 Å². The summed E-state index contributed by atoms with van der Waals surface area (Å²) in [6, 6.07) is 12.5. The van der Waals surface area contributed by atoms with Crippen LogP contribution in [0.4, 0.5) is 5.69 Å². The Labute approximate surface area is 122 Å². The number of rotatable bonds is 2. The number of nitrogens with one attached hydrogen (secondary N) is 1. The SMILES string of the molecule is Cc1ccc2oc(C(=O)Nc3cccc(O)c3C)cc2c1. The third kappa shape index (κ3) is 2.48. The van der Waals surface area contributed by atoms with Gasteiger partial charge in [-0.1, -0.05) is 17.7 Å². The molecule has 3 aromatic rings. The van der Waals surface area contributed by atoms with Gasteiger partial charge in [-0.2, -0.15) is 0 Å². The molecule has 0 aliphatic rings. The lowest BCUT2D eigenvalue weighted by atomic mass is 10.1. The predicted octanol–water partition coefficient (Wildman–Crippen LogP) is 4.01. The third-order valence-electron chi connectivity index (χ3n) is 3.45. The summed E-state index contributed by atoms with van der Waals surface area (Å²) >= 11 is 0. The Morgan fingerprint density at radius 2 is 1.95 bits per heavy atom. The maximum atomic E-state index is 12.2. The number of hydrogen-bond donors (Lipinski definition) is 2. The zero-order chi connectivity index (χ0) is 15.0. The monoisotopic (exact) mass is 281 g/mol. The lowest BCUT2D eigenvalue weighted by Crippen LogP contribution is -2.11. The van der Waals surface area contributed by atoms with Crippen molar-refractivity contribution < 1.29 is 14.3 Å². The van der Waals surface area contributed by atoms with Crippen LogP contribution in [0.2, 0.25) is 0 Å². The lowest BCUT2D eigenvalue weighted by molar-refractivity contribution is 0.0998. The van der Waals surface area contributed by atoms with Gasteiger partial charge >= 0.3 is 0 Å². The minimum absolute atomic E-state index is 0.146. The molecule has 3 rings (SSSR count). The Morgan fingerprint density at radius 1 is 1.14 bits per heavy atom. The zero-order valence-electron chi connectivity index (χ0n) is 11.8. The van der Waals surface area contributed by atoms with Crippen LogP contribution >= 0.6 is 0 Å². The van der Waals surface area contributed by atoms with E-state index >= 15 is 0 Å². The van der Waals surface area contributed by atoms with E-state index in [1.807, 2.05) is 25.1 Å². The van der Waals surface area contributed by atoms with Crippen molar-refractivity contribution in [3.05, 3.63) is 59.4 Å². The van der Waals surface area contributed by atoms with Gasteiger partial charge < -0.3 is 14.8 Å². The Bertz CT molecular complexity index is 833. The molecule has 0 saturated carbocycles. The van der Waals surface area contributed by atoms with Gasteiger partial charge in [0, 0.05) is 16.6 Å². The molecule has 0 aliphatic carbocycles. The molecule has 0 radical (unpaired) electrons. The van der Waals surface area contributed by atoms with Crippen molar-refractivity contribution in [2.45, 2.75) is 13.8 Å². The van der Waals surface area contributed by atoms with Gasteiger partial charge in [0.25, 0.3) is 5.91 Å². The van der Waals surface area contributed by atoms with Gasteiger partial charge in [0.05, 0.1) is 0 Å². The molecule has 4 heteroatoms. The smallest absolute Gasteiger partial charge is 0.291 e. The number of fused-ring (bicyclic) bond motifs is 1. The van der Waals surface area contributed by atoms with Crippen LogP contribution in [0.1, 0.15) is 21.7 Å². The summed E-state index contributed by atoms with van der Waals surface area (Å²) in [6.45, 7) is 3.73. The molecule has 0 saturated heterocycles. The molecule has 2 aromatic carbocycles. The molecule has 0 bridgehead atoms. The van der Waals surface area contributed by atoms with Crippen LogP contribution in [-0.4, -0.2) is 11.0 Å². The van der Waals surface area contributed by atoms with Gasteiger partial charge in [-0.15, -0.1) is 0 Å². The highest BCUT2D eigenvalue weighted by atomic mass is 16.3. The fourth-order valence-electron chi connectivity index (χ4n) is 2.22. The number of aromatic hydroxyl groups is 1. The van der Waals surface area contributed by atoms with Crippen molar-refractivity contribution >= 4 is 22.6 Å². The van der Waals surface area contributed by atoms with Crippen molar-refractivity contribution in [3.8, 4) is 5.75 Å². The number of benzene rings is 2. The zero-order valence-corrected chi connectivity index (χ0v) is 11.8. The number of aryl methyl sites for hydroxylation is 1. The molecule has 21 heavy (non-hydrogen) atoms. The van der Waals surface area contributed by atoms with Gasteiger partial charge in [-0.3, -0.25) is 4.79 Å². The van der Waals surface area contributed by atoms with Gasteiger partial charge in [0.1, 0.15) is 11.3 Å². The molecule has 4 nitrogen and oxygen atoms in total. The average molecular weight is 281 g/mol. The van der Waals surface area contributed by atoms with Crippen LogP contribution in [0.5, 0.6) is 5.75 Å². The molecule has 2 N–H and O–H groups in total. The van der Waals surface area contributed by atoms with E-state index in [9.17, 15) is 9.90 Å². The summed E-state index contributed by atoms with van der Waals surface area (Å²) in [6.07, 6.45) is 0. The summed E-state index contributed by atoms with van der Waals surface area (Å²) in [7, 11) is 0. The fraction of sp³-hybridized carbons (Fsp3) is 0.118. The highest BCUT2D eigenvalue weighted by Crippen LogP contribution is 2.25. The summed E-state index contributed by atoms with van der Waals surface area (Å²) < 4.78 is 5.55. The van der Waals surface area contributed by atoms with Crippen LogP contribution in [0, 0.1) is 13.8 Å². The minimum atomic E-state index is -0.336. The van der Waals surface area contributed by atoms with E-state index in [1.165, 1.54) is 0 Å². The maximum absolute atomic E-state index is 12.2. The van der Waals surface area contributed by atoms with Crippen molar-refractivity contribution in [2.24, 2.45) is 0 Å². The summed E-state index contributed by atoms with van der Waals surface area (Å²) in [5, 5.41) is 13.3. The lowest BCUT2D eigenvalue weighted by Gasteiger charge is -2.07. The van der Waals surface area contributed by atoms with E-state index in [0.717, 1.165) is 10.9 Å². The van der Waals surface area contributed by atoms with E-state index in [-0.39, 0.29) is 17.4 Å². The van der Waals surface area contributed by atoms with E-state index in [1.54, 1.807) is 31.2 Å². The molecular formula is C17H15NO3. The summed E-state index contributed by atoms with van der Waals surface area (Å²) in [5.74, 6) is 0.0592. The molecule has 1 amide bonds. The molecule has 0 atom stereocenters. The van der Waals surface area contributed by atoms with Gasteiger partial charge in [-0.05, 0) is 44.2 Å². The number of carbonyl (C=O) groups is 1. The van der Waals surface area contributed by atoms with Crippen molar-refractivity contribution in [1.29, 1.82) is 0 Å². The van der Waals surface area contributed by atoms with Crippen molar-refractivity contribution in [2.75, 3.05) is 5.32 Å². The first-order valence-corrected chi connectivity index (χ1v) is 6.65. The van der Waals surface area contributed by atoms with Gasteiger partial charge in [-0.25, -0.2) is 0 Å². The molecule has 0 unspecified atom stereocenters.